The van der Waals surface area contributed by atoms with Gasteiger partial charge in [-0.1, -0.05) is 6.07 Å². The maximum Gasteiger partial charge on any atom is 0.243 e. The van der Waals surface area contributed by atoms with Gasteiger partial charge in [0.2, 0.25) is 16.0 Å². The average Bonchev–Trinajstić information content (AvgIpc) is 2.76. The molecule has 0 radical (unpaired) electrons. The maximum atomic E-state index is 13.0. The lowest BCUT2D eigenvalue weighted by Crippen LogP contribution is -2.38. The summed E-state index contributed by atoms with van der Waals surface area (Å²) in [5.41, 5.74) is 2.91. The molecule has 4 rings (SSSR count). The number of aryl methyl sites for hydroxylation is 2. The number of nitrogens with zero attached hydrogens (tertiary/aromatic N) is 5. The summed E-state index contributed by atoms with van der Waals surface area (Å²) in [4.78, 5) is 17.5. The zero-order valence-corrected chi connectivity index (χ0v) is 17.8. The van der Waals surface area contributed by atoms with Gasteiger partial charge >= 0.3 is 0 Å². The van der Waals surface area contributed by atoms with Gasteiger partial charge in [0, 0.05) is 37.6 Å². The first-order chi connectivity index (χ1) is 14.4. The van der Waals surface area contributed by atoms with E-state index in [1.807, 2.05) is 19.9 Å². The molecule has 0 unspecified atom stereocenters. The smallest absolute Gasteiger partial charge is 0.243 e. The van der Waals surface area contributed by atoms with Crippen LogP contribution in [-0.4, -0.2) is 45.7 Å². The van der Waals surface area contributed by atoms with Crippen molar-refractivity contribution < 1.29 is 8.42 Å². The zero-order chi connectivity index (χ0) is 21.1. The molecular formula is C21H24N6O2S. The van der Waals surface area contributed by atoms with Gasteiger partial charge < -0.3 is 5.32 Å². The summed E-state index contributed by atoms with van der Waals surface area (Å²) >= 11 is 0. The summed E-state index contributed by atoms with van der Waals surface area (Å²) < 4.78 is 27.6. The number of rotatable bonds is 5. The lowest BCUT2D eigenvalue weighted by Gasteiger charge is -2.31. The van der Waals surface area contributed by atoms with Gasteiger partial charge in [-0.15, -0.1) is 0 Å². The molecule has 1 fully saturated rings. The minimum atomic E-state index is -3.49. The van der Waals surface area contributed by atoms with E-state index < -0.39 is 10.0 Å². The largest absolute Gasteiger partial charge is 0.307 e. The van der Waals surface area contributed by atoms with Crippen LogP contribution in [0.5, 0.6) is 0 Å². The van der Waals surface area contributed by atoms with Crippen LogP contribution in [0.25, 0.3) is 0 Å². The van der Waals surface area contributed by atoms with Gasteiger partial charge in [-0.2, -0.15) is 4.31 Å². The van der Waals surface area contributed by atoms with E-state index in [0.29, 0.717) is 42.6 Å². The van der Waals surface area contributed by atoms with Gasteiger partial charge in [0.1, 0.15) is 0 Å². The molecule has 1 aromatic carbocycles. The first-order valence-corrected chi connectivity index (χ1v) is 11.3. The van der Waals surface area contributed by atoms with E-state index in [4.69, 9.17) is 0 Å². The Morgan fingerprint density at radius 3 is 2.47 bits per heavy atom. The SMILES string of the molecule is Cc1ccc(S(=O)(=O)N2CCC(c3cncc(Nc4ncccn4)n3)CC2)cc1C. The average molecular weight is 425 g/mol. The molecule has 1 N–H and O–H groups in total. The van der Waals surface area contributed by atoms with Crippen molar-refractivity contribution in [2.45, 2.75) is 37.5 Å². The lowest BCUT2D eigenvalue weighted by atomic mass is 9.95. The highest BCUT2D eigenvalue weighted by Gasteiger charge is 2.30. The minimum absolute atomic E-state index is 0.155. The van der Waals surface area contributed by atoms with Crippen LogP contribution in [0.15, 0.2) is 53.9 Å². The zero-order valence-electron chi connectivity index (χ0n) is 17.0. The van der Waals surface area contributed by atoms with Crippen molar-refractivity contribution in [2.75, 3.05) is 18.4 Å². The summed E-state index contributed by atoms with van der Waals surface area (Å²) in [7, 11) is -3.49. The molecule has 0 atom stereocenters. The maximum absolute atomic E-state index is 13.0. The third-order valence-corrected chi connectivity index (χ3v) is 7.34. The molecule has 1 aliphatic heterocycles. The Morgan fingerprint density at radius 2 is 1.77 bits per heavy atom. The Hall–Kier alpha value is -2.91. The number of hydrogen-bond donors (Lipinski definition) is 1. The van der Waals surface area contributed by atoms with E-state index in [9.17, 15) is 8.42 Å². The molecule has 0 bridgehead atoms. The van der Waals surface area contributed by atoms with Gasteiger partial charge in [-0.25, -0.2) is 23.4 Å². The lowest BCUT2D eigenvalue weighted by molar-refractivity contribution is 0.316. The number of nitrogens with one attached hydrogen (secondary N) is 1. The minimum Gasteiger partial charge on any atom is -0.307 e. The highest BCUT2D eigenvalue weighted by atomic mass is 32.2. The van der Waals surface area contributed by atoms with Gasteiger partial charge in [-0.05, 0) is 56.0 Å². The highest BCUT2D eigenvalue weighted by molar-refractivity contribution is 7.89. The van der Waals surface area contributed by atoms with Crippen LogP contribution >= 0.6 is 0 Å². The molecule has 3 aromatic rings. The van der Waals surface area contributed by atoms with Gasteiger partial charge in [0.15, 0.2) is 5.82 Å². The predicted molar refractivity (Wildman–Crippen MR) is 114 cm³/mol. The van der Waals surface area contributed by atoms with Crippen molar-refractivity contribution in [3.05, 3.63) is 65.9 Å². The van der Waals surface area contributed by atoms with E-state index in [2.05, 4.69) is 25.3 Å². The van der Waals surface area contributed by atoms with E-state index in [-0.39, 0.29) is 5.92 Å². The van der Waals surface area contributed by atoms with Crippen LogP contribution in [-0.2, 0) is 10.0 Å². The first kappa shape index (κ1) is 20.4. The number of piperidine rings is 1. The Labute approximate surface area is 176 Å². The monoisotopic (exact) mass is 424 g/mol. The van der Waals surface area contributed by atoms with E-state index >= 15 is 0 Å². The molecule has 0 saturated carbocycles. The molecule has 2 aromatic heterocycles. The van der Waals surface area contributed by atoms with Crippen LogP contribution < -0.4 is 5.32 Å². The summed E-state index contributed by atoms with van der Waals surface area (Å²) in [6.45, 7) is 4.83. The van der Waals surface area contributed by atoms with Gasteiger partial charge in [0.05, 0.1) is 16.8 Å². The fraction of sp³-hybridized carbons (Fsp3) is 0.333. The molecule has 8 nitrogen and oxygen atoms in total. The van der Waals surface area contributed by atoms with Crippen molar-refractivity contribution in [2.24, 2.45) is 0 Å². The standard InChI is InChI=1S/C21H24N6O2S/c1-15-4-5-18(12-16(15)2)30(28,29)27-10-6-17(7-11-27)19-13-22-14-20(25-19)26-21-23-8-3-9-24-21/h3-5,8-9,12-14,17H,6-7,10-11H2,1-2H3,(H,23,24,25,26). The second-order valence-electron chi connectivity index (χ2n) is 7.45. The molecule has 0 aliphatic carbocycles. The van der Waals surface area contributed by atoms with Crippen LogP contribution in [0.4, 0.5) is 11.8 Å². The van der Waals surface area contributed by atoms with E-state index in [1.165, 1.54) is 0 Å². The number of sulfonamides is 1. The van der Waals surface area contributed by atoms with Crippen molar-refractivity contribution in [1.29, 1.82) is 0 Å². The van der Waals surface area contributed by atoms with Crippen molar-refractivity contribution in [1.82, 2.24) is 24.2 Å². The van der Waals surface area contributed by atoms with Crippen LogP contribution in [0.1, 0.15) is 35.6 Å². The molecular weight excluding hydrogens is 400 g/mol. The molecule has 9 heteroatoms. The third kappa shape index (κ3) is 4.31. The van der Waals surface area contributed by atoms with Crippen molar-refractivity contribution in [3.8, 4) is 0 Å². The molecule has 0 amide bonds. The first-order valence-electron chi connectivity index (χ1n) is 9.87. The molecule has 1 saturated heterocycles. The van der Waals surface area contributed by atoms with Crippen LogP contribution in [0.2, 0.25) is 0 Å². The highest BCUT2D eigenvalue weighted by Crippen LogP contribution is 2.30. The fourth-order valence-electron chi connectivity index (χ4n) is 3.53. The van der Waals surface area contributed by atoms with Crippen molar-refractivity contribution >= 4 is 21.8 Å². The number of aromatic nitrogens is 4. The fourth-order valence-corrected chi connectivity index (χ4v) is 5.09. The molecule has 156 valence electrons. The van der Waals surface area contributed by atoms with Gasteiger partial charge in [0.25, 0.3) is 0 Å². The summed E-state index contributed by atoms with van der Waals surface area (Å²) in [6.07, 6.45) is 8.07. The van der Waals surface area contributed by atoms with Crippen LogP contribution in [0, 0.1) is 13.8 Å². The number of benzene rings is 1. The quantitative estimate of drug-likeness (QED) is 0.671. The molecule has 3 heterocycles. The van der Waals surface area contributed by atoms with E-state index in [1.54, 1.807) is 47.3 Å². The summed E-state index contributed by atoms with van der Waals surface area (Å²) in [5, 5.41) is 3.05. The summed E-state index contributed by atoms with van der Waals surface area (Å²) in [5.74, 6) is 1.18. The normalized spacial score (nSPS) is 15.8. The number of hydrogen-bond acceptors (Lipinski definition) is 7. The Morgan fingerprint density at radius 1 is 1.03 bits per heavy atom. The molecule has 30 heavy (non-hydrogen) atoms. The van der Waals surface area contributed by atoms with E-state index in [0.717, 1.165) is 16.8 Å². The number of anilines is 2. The topological polar surface area (TPSA) is 101 Å². The van der Waals surface area contributed by atoms with Crippen LogP contribution in [0.3, 0.4) is 0 Å². The Kier molecular flexibility index (Phi) is 5.74. The molecule has 0 spiro atoms. The Bertz CT molecular complexity index is 1130. The second-order valence-corrected chi connectivity index (χ2v) is 9.39. The Balaban J connectivity index is 1.44. The van der Waals surface area contributed by atoms with Gasteiger partial charge in [-0.3, -0.25) is 4.98 Å². The third-order valence-electron chi connectivity index (χ3n) is 5.45. The van der Waals surface area contributed by atoms with Crippen molar-refractivity contribution in [3.63, 3.8) is 0 Å². The molecule has 1 aliphatic rings. The summed E-state index contributed by atoms with van der Waals surface area (Å²) in [6, 6.07) is 7.05. The second kappa shape index (κ2) is 8.45. The predicted octanol–water partition coefficient (Wildman–Crippen LogP) is 3.20.